The van der Waals surface area contributed by atoms with Crippen LogP contribution in [0.3, 0.4) is 0 Å². The fourth-order valence-electron chi connectivity index (χ4n) is 2.63. The lowest BCUT2D eigenvalue weighted by Gasteiger charge is -2.15. The van der Waals surface area contributed by atoms with Crippen molar-refractivity contribution in [2.75, 3.05) is 21.3 Å². The van der Waals surface area contributed by atoms with Gasteiger partial charge in [0, 0.05) is 6.54 Å². The molecule has 1 N–H and O–H groups in total. The van der Waals surface area contributed by atoms with Gasteiger partial charge >= 0.3 is 5.97 Å². The average Bonchev–Trinajstić information content (AvgIpc) is 2.71. The first-order chi connectivity index (χ1) is 13.5. The minimum atomic E-state index is -0.904. The summed E-state index contributed by atoms with van der Waals surface area (Å²) in [6.45, 7) is 1.90. The molecule has 2 aromatic rings. The summed E-state index contributed by atoms with van der Waals surface area (Å²) in [6.07, 6.45) is -0.939. The van der Waals surface area contributed by atoms with Crippen LogP contribution in [0, 0.1) is 0 Å². The van der Waals surface area contributed by atoms with Crippen molar-refractivity contribution in [2.24, 2.45) is 0 Å². The summed E-state index contributed by atoms with van der Waals surface area (Å²) in [5.41, 5.74) is 1.59. The Morgan fingerprint density at radius 1 is 0.929 bits per heavy atom. The first-order valence-electron chi connectivity index (χ1n) is 8.78. The maximum absolute atomic E-state index is 12.2. The lowest BCUT2D eigenvalue weighted by Crippen LogP contribution is -2.35. The third-order valence-electron chi connectivity index (χ3n) is 4.06. The Balaban J connectivity index is 1.94. The molecular formula is C21H25NO6. The van der Waals surface area contributed by atoms with E-state index in [1.807, 2.05) is 30.3 Å². The van der Waals surface area contributed by atoms with Crippen molar-refractivity contribution < 1.29 is 28.5 Å². The summed E-state index contributed by atoms with van der Waals surface area (Å²) >= 11 is 0. The Labute approximate surface area is 164 Å². The highest BCUT2D eigenvalue weighted by atomic mass is 16.5. The van der Waals surface area contributed by atoms with E-state index in [2.05, 4.69) is 5.32 Å². The first kappa shape index (κ1) is 21.1. The summed E-state index contributed by atoms with van der Waals surface area (Å²) < 4.78 is 21.0. The lowest BCUT2D eigenvalue weighted by atomic mass is 10.1. The molecule has 0 heterocycles. The summed E-state index contributed by atoms with van der Waals surface area (Å²) in [6, 6.07) is 12.8. The molecule has 2 aromatic carbocycles. The van der Waals surface area contributed by atoms with Crippen LogP contribution in [-0.4, -0.2) is 39.3 Å². The molecular weight excluding hydrogens is 362 g/mol. The van der Waals surface area contributed by atoms with Gasteiger partial charge in [0.25, 0.3) is 5.91 Å². The van der Waals surface area contributed by atoms with E-state index in [0.29, 0.717) is 29.4 Å². The van der Waals surface area contributed by atoms with Crippen LogP contribution in [0.4, 0.5) is 0 Å². The predicted molar refractivity (Wildman–Crippen MR) is 104 cm³/mol. The van der Waals surface area contributed by atoms with Crippen molar-refractivity contribution in [3.8, 4) is 17.2 Å². The number of amides is 1. The highest BCUT2D eigenvalue weighted by molar-refractivity contribution is 5.84. The van der Waals surface area contributed by atoms with Gasteiger partial charge in [-0.2, -0.15) is 0 Å². The van der Waals surface area contributed by atoms with E-state index in [-0.39, 0.29) is 12.3 Å². The quantitative estimate of drug-likeness (QED) is 0.666. The van der Waals surface area contributed by atoms with Crippen LogP contribution in [-0.2, 0) is 27.3 Å². The highest BCUT2D eigenvalue weighted by Gasteiger charge is 2.20. The largest absolute Gasteiger partial charge is 0.493 e. The van der Waals surface area contributed by atoms with Gasteiger partial charge in [-0.3, -0.25) is 9.59 Å². The number of methoxy groups -OCH3 is 3. The number of benzene rings is 2. The molecule has 0 aliphatic heterocycles. The summed E-state index contributed by atoms with van der Waals surface area (Å²) in [5, 5.41) is 2.75. The van der Waals surface area contributed by atoms with E-state index >= 15 is 0 Å². The van der Waals surface area contributed by atoms with E-state index in [1.54, 1.807) is 12.1 Å². The van der Waals surface area contributed by atoms with E-state index in [1.165, 1.54) is 28.3 Å². The van der Waals surface area contributed by atoms with Crippen molar-refractivity contribution in [1.82, 2.24) is 5.32 Å². The van der Waals surface area contributed by atoms with Crippen LogP contribution in [0.1, 0.15) is 18.1 Å². The van der Waals surface area contributed by atoms with Crippen LogP contribution >= 0.6 is 0 Å². The van der Waals surface area contributed by atoms with Gasteiger partial charge in [0.05, 0.1) is 27.8 Å². The predicted octanol–water partition coefficient (Wildman–Crippen LogP) is 2.50. The minimum Gasteiger partial charge on any atom is -0.493 e. The molecule has 1 atom stereocenters. The second kappa shape index (κ2) is 10.2. The van der Waals surface area contributed by atoms with Gasteiger partial charge in [0.2, 0.25) is 5.75 Å². The SMILES string of the molecule is COc1cc(CC(=O)O[C@@H](C)C(=O)NCc2ccccc2)cc(OC)c1OC. The Kier molecular flexibility index (Phi) is 7.68. The monoisotopic (exact) mass is 387 g/mol. The standard InChI is InChI=1S/C21H25NO6/c1-14(21(24)22-13-15-8-6-5-7-9-15)28-19(23)12-16-10-17(25-2)20(27-4)18(11-16)26-3/h5-11,14H,12-13H2,1-4H3,(H,22,24)/t14-/m0/s1. The molecule has 0 fully saturated rings. The topological polar surface area (TPSA) is 83.1 Å². The molecule has 0 aliphatic carbocycles. The third-order valence-corrected chi connectivity index (χ3v) is 4.06. The molecule has 2 rings (SSSR count). The number of hydrogen-bond donors (Lipinski definition) is 1. The summed E-state index contributed by atoms with van der Waals surface area (Å²) in [4.78, 5) is 24.4. The van der Waals surface area contributed by atoms with Gasteiger partial charge in [0.1, 0.15) is 0 Å². The van der Waals surface area contributed by atoms with Crippen LogP contribution in [0.25, 0.3) is 0 Å². The zero-order valence-electron chi connectivity index (χ0n) is 16.5. The molecule has 7 heteroatoms. The Morgan fingerprint density at radius 2 is 1.54 bits per heavy atom. The maximum atomic E-state index is 12.2. The van der Waals surface area contributed by atoms with Gasteiger partial charge in [-0.25, -0.2) is 0 Å². The van der Waals surface area contributed by atoms with E-state index < -0.39 is 12.1 Å². The van der Waals surface area contributed by atoms with Gasteiger partial charge in [-0.15, -0.1) is 0 Å². The third kappa shape index (κ3) is 5.64. The first-order valence-corrected chi connectivity index (χ1v) is 8.78. The molecule has 0 aliphatic rings. The summed E-state index contributed by atoms with van der Waals surface area (Å²) in [5.74, 6) is 0.436. The van der Waals surface area contributed by atoms with Crippen molar-refractivity contribution in [2.45, 2.75) is 26.0 Å². The van der Waals surface area contributed by atoms with Gasteiger partial charge in [-0.05, 0) is 30.2 Å². The summed E-state index contributed by atoms with van der Waals surface area (Å²) in [7, 11) is 4.50. The van der Waals surface area contributed by atoms with Crippen LogP contribution < -0.4 is 19.5 Å². The Bertz CT molecular complexity index is 781. The molecule has 0 spiro atoms. The molecule has 0 saturated heterocycles. The molecule has 150 valence electrons. The molecule has 0 unspecified atom stereocenters. The Hall–Kier alpha value is -3.22. The maximum Gasteiger partial charge on any atom is 0.311 e. The van der Waals surface area contributed by atoms with Gasteiger partial charge in [-0.1, -0.05) is 30.3 Å². The van der Waals surface area contributed by atoms with E-state index in [9.17, 15) is 9.59 Å². The fraction of sp³-hybridized carbons (Fsp3) is 0.333. The fourth-order valence-corrected chi connectivity index (χ4v) is 2.63. The number of nitrogens with one attached hydrogen (secondary N) is 1. The molecule has 7 nitrogen and oxygen atoms in total. The Morgan fingerprint density at radius 3 is 2.07 bits per heavy atom. The number of carbonyl (C=O) groups excluding carboxylic acids is 2. The van der Waals surface area contributed by atoms with Gasteiger partial charge < -0.3 is 24.3 Å². The molecule has 0 saturated carbocycles. The van der Waals surface area contributed by atoms with Crippen LogP contribution in [0.15, 0.2) is 42.5 Å². The molecule has 28 heavy (non-hydrogen) atoms. The van der Waals surface area contributed by atoms with E-state index in [0.717, 1.165) is 5.56 Å². The zero-order valence-corrected chi connectivity index (χ0v) is 16.5. The normalized spacial score (nSPS) is 11.3. The lowest BCUT2D eigenvalue weighted by molar-refractivity contribution is -0.154. The zero-order chi connectivity index (χ0) is 20.5. The number of rotatable bonds is 9. The molecule has 0 aromatic heterocycles. The van der Waals surface area contributed by atoms with Crippen molar-refractivity contribution in [1.29, 1.82) is 0 Å². The molecule has 0 bridgehead atoms. The minimum absolute atomic E-state index is 0.0347. The van der Waals surface area contributed by atoms with Crippen molar-refractivity contribution in [3.63, 3.8) is 0 Å². The molecule has 0 radical (unpaired) electrons. The van der Waals surface area contributed by atoms with Crippen molar-refractivity contribution >= 4 is 11.9 Å². The molecule has 1 amide bonds. The van der Waals surface area contributed by atoms with Gasteiger partial charge in [0.15, 0.2) is 17.6 Å². The smallest absolute Gasteiger partial charge is 0.311 e. The average molecular weight is 387 g/mol. The second-order valence-corrected chi connectivity index (χ2v) is 6.05. The highest BCUT2D eigenvalue weighted by Crippen LogP contribution is 2.38. The number of ether oxygens (including phenoxy) is 4. The van der Waals surface area contributed by atoms with Crippen LogP contribution in [0.2, 0.25) is 0 Å². The number of carbonyl (C=O) groups is 2. The number of esters is 1. The van der Waals surface area contributed by atoms with Crippen LogP contribution in [0.5, 0.6) is 17.2 Å². The second-order valence-electron chi connectivity index (χ2n) is 6.05. The van der Waals surface area contributed by atoms with Crippen molar-refractivity contribution in [3.05, 3.63) is 53.6 Å². The number of hydrogen-bond acceptors (Lipinski definition) is 6. The van der Waals surface area contributed by atoms with E-state index in [4.69, 9.17) is 18.9 Å².